The Hall–Kier alpha value is -2.33. The number of thioether (sulfide) groups is 1. The topological polar surface area (TPSA) is 41.5 Å². The van der Waals surface area contributed by atoms with Crippen molar-refractivity contribution in [1.29, 1.82) is 0 Å². The van der Waals surface area contributed by atoms with Crippen molar-refractivity contribution in [3.8, 4) is 0 Å². The van der Waals surface area contributed by atoms with E-state index in [0.29, 0.717) is 10.1 Å². The highest BCUT2D eigenvalue weighted by molar-refractivity contribution is 8.18. The summed E-state index contributed by atoms with van der Waals surface area (Å²) in [5.74, 6) is -0.0976. The Bertz CT molecular complexity index is 820. The molecular formula is C19H18N2OS. The molecule has 0 unspecified atom stereocenters. The molecule has 1 aliphatic heterocycles. The normalized spacial score (nSPS) is 17.8. The first-order valence-electron chi connectivity index (χ1n) is 7.45. The molecule has 1 aliphatic rings. The average molecular weight is 322 g/mol. The van der Waals surface area contributed by atoms with Gasteiger partial charge in [0.2, 0.25) is 0 Å². The molecule has 23 heavy (non-hydrogen) atoms. The summed E-state index contributed by atoms with van der Waals surface area (Å²) in [5, 5.41) is 3.46. The molecular weight excluding hydrogens is 304 g/mol. The number of carbonyl (C=O) groups is 1. The third-order valence-corrected chi connectivity index (χ3v) is 4.73. The van der Waals surface area contributed by atoms with Gasteiger partial charge in [0.1, 0.15) is 0 Å². The van der Waals surface area contributed by atoms with Crippen molar-refractivity contribution in [3.63, 3.8) is 0 Å². The minimum atomic E-state index is -0.0976. The predicted octanol–water partition coefficient (Wildman–Crippen LogP) is 4.50. The van der Waals surface area contributed by atoms with Gasteiger partial charge in [0.15, 0.2) is 5.17 Å². The first-order valence-corrected chi connectivity index (χ1v) is 8.27. The van der Waals surface area contributed by atoms with E-state index >= 15 is 0 Å². The second-order valence-electron chi connectivity index (χ2n) is 5.61. The maximum Gasteiger partial charge on any atom is 0.264 e. The standard InChI is InChI=1S/C19H18N2OS/c1-12-7-9-15(10-8-12)11-17-18(22)21-19(23-17)20-16-6-4-5-13(2)14(16)3/h4-11H,1-3H3,(H,20,21,22). The van der Waals surface area contributed by atoms with Crippen LogP contribution in [0, 0.1) is 20.8 Å². The quantitative estimate of drug-likeness (QED) is 0.827. The molecule has 0 saturated carbocycles. The van der Waals surface area contributed by atoms with E-state index in [9.17, 15) is 4.79 Å². The summed E-state index contributed by atoms with van der Waals surface area (Å²) >= 11 is 1.38. The molecule has 1 amide bonds. The van der Waals surface area contributed by atoms with Gasteiger partial charge in [-0.3, -0.25) is 4.79 Å². The number of amides is 1. The van der Waals surface area contributed by atoms with Crippen LogP contribution in [0.1, 0.15) is 22.3 Å². The number of nitrogens with zero attached hydrogens (tertiary/aromatic N) is 1. The lowest BCUT2D eigenvalue weighted by molar-refractivity contribution is -0.115. The van der Waals surface area contributed by atoms with Crippen LogP contribution in [0.15, 0.2) is 52.4 Å². The molecule has 116 valence electrons. The number of rotatable bonds is 2. The van der Waals surface area contributed by atoms with Gasteiger partial charge in [-0.1, -0.05) is 42.0 Å². The first kappa shape index (κ1) is 15.6. The molecule has 2 aromatic carbocycles. The lowest BCUT2D eigenvalue weighted by atomic mass is 10.1. The van der Waals surface area contributed by atoms with Crippen LogP contribution < -0.4 is 5.32 Å². The number of carbonyl (C=O) groups excluding carboxylic acids is 1. The summed E-state index contributed by atoms with van der Waals surface area (Å²) in [4.78, 5) is 17.4. The number of hydrogen-bond acceptors (Lipinski definition) is 3. The largest absolute Gasteiger partial charge is 0.300 e. The van der Waals surface area contributed by atoms with E-state index in [-0.39, 0.29) is 5.91 Å². The van der Waals surface area contributed by atoms with Crippen LogP contribution in [0.4, 0.5) is 5.69 Å². The minimum Gasteiger partial charge on any atom is -0.300 e. The van der Waals surface area contributed by atoms with E-state index in [1.165, 1.54) is 22.9 Å². The number of aryl methyl sites for hydroxylation is 2. The number of nitrogens with one attached hydrogen (secondary N) is 1. The van der Waals surface area contributed by atoms with Crippen LogP contribution in [-0.2, 0) is 4.79 Å². The number of hydrogen-bond donors (Lipinski definition) is 1. The molecule has 0 aliphatic carbocycles. The van der Waals surface area contributed by atoms with E-state index in [4.69, 9.17) is 0 Å². The van der Waals surface area contributed by atoms with Gasteiger partial charge in [0, 0.05) is 0 Å². The van der Waals surface area contributed by atoms with E-state index in [0.717, 1.165) is 16.8 Å². The second kappa shape index (κ2) is 6.42. The van der Waals surface area contributed by atoms with Crippen molar-refractivity contribution in [2.45, 2.75) is 20.8 Å². The van der Waals surface area contributed by atoms with E-state index in [1.54, 1.807) is 0 Å². The van der Waals surface area contributed by atoms with Gasteiger partial charge >= 0.3 is 0 Å². The molecule has 1 heterocycles. The van der Waals surface area contributed by atoms with Crippen molar-refractivity contribution in [2.75, 3.05) is 0 Å². The second-order valence-corrected chi connectivity index (χ2v) is 6.64. The van der Waals surface area contributed by atoms with Gasteiger partial charge in [-0.05, 0) is 61.4 Å². The highest BCUT2D eigenvalue weighted by Crippen LogP contribution is 2.29. The summed E-state index contributed by atoms with van der Waals surface area (Å²) in [5.41, 5.74) is 5.43. The van der Waals surface area contributed by atoms with Gasteiger partial charge in [-0.2, -0.15) is 0 Å². The van der Waals surface area contributed by atoms with Crippen LogP contribution in [0.2, 0.25) is 0 Å². The summed E-state index contributed by atoms with van der Waals surface area (Å²) in [6, 6.07) is 14.1. The third-order valence-electron chi connectivity index (χ3n) is 3.82. The zero-order valence-electron chi connectivity index (χ0n) is 13.4. The van der Waals surface area contributed by atoms with Gasteiger partial charge < -0.3 is 5.32 Å². The molecule has 2 aromatic rings. The zero-order chi connectivity index (χ0) is 16.4. The Labute approximate surface area is 140 Å². The van der Waals surface area contributed by atoms with Crippen molar-refractivity contribution in [1.82, 2.24) is 5.32 Å². The molecule has 3 nitrogen and oxygen atoms in total. The SMILES string of the molecule is Cc1ccc(C=C2SC(=Nc3cccc(C)c3C)NC2=O)cc1. The molecule has 3 rings (SSSR count). The minimum absolute atomic E-state index is 0.0976. The maximum atomic E-state index is 12.1. The highest BCUT2D eigenvalue weighted by Gasteiger charge is 2.23. The van der Waals surface area contributed by atoms with E-state index in [1.807, 2.05) is 56.3 Å². The molecule has 1 saturated heterocycles. The van der Waals surface area contributed by atoms with Crippen LogP contribution in [-0.4, -0.2) is 11.1 Å². The van der Waals surface area contributed by atoms with E-state index < -0.39 is 0 Å². The van der Waals surface area contributed by atoms with Crippen molar-refractivity contribution in [3.05, 3.63) is 69.6 Å². The molecule has 1 fully saturated rings. The Morgan fingerprint density at radius 2 is 1.78 bits per heavy atom. The van der Waals surface area contributed by atoms with Crippen LogP contribution in [0.25, 0.3) is 6.08 Å². The molecule has 0 radical (unpaired) electrons. The Kier molecular flexibility index (Phi) is 4.35. The molecule has 1 N–H and O–H groups in total. The van der Waals surface area contributed by atoms with Gasteiger partial charge in [-0.15, -0.1) is 0 Å². The number of amidine groups is 1. The Balaban J connectivity index is 1.86. The summed E-state index contributed by atoms with van der Waals surface area (Å²) in [7, 11) is 0. The van der Waals surface area contributed by atoms with Crippen molar-refractivity contribution in [2.24, 2.45) is 4.99 Å². The maximum absolute atomic E-state index is 12.1. The van der Waals surface area contributed by atoms with Crippen molar-refractivity contribution < 1.29 is 4.79 Å². The van der Waals surface area contributed by atoms with Crippen LogP contribution in [0.3, 0.4) is 0 Å². The molecule has 0 bridgehead atoms. The summed E-state index contributed by atoms with van der Waals surface area (Å²) < 4.78 is 0. The Morgan fingerprint density at radius 3 is 2.52 bits per heavy atom. The number of aliphatic imine (C=N–C) groups is 1. The molecule has 0 spiro atoms. The fraction of sp³-hybridized carbons (Fsp3) is 0.158. The lowest BCUT2D eigenvalue weighted by Crippen LogP contribution is -2.19. The fourth-order valence-electron chi connectivity index (χ4n) is 2.26. The van der Waals surface area contributed by atoms with Crippen LogP contribution >= 0.6 is 11.8 Å². The highest BCUT2D eigenvalue weighted by atomic mass is 32.2. The summed E-state index contributed by atoms with van der Waals surface area (Å²) in [6.45, 7) is 6.14. The van der Waals surface area contributed by atoms with Gasteiger partial charge in [0.25, 0.3) is 5.91 Å². The lowest BCUT2D eigenvalue weighted by Gasteiger charge is -2.04. The molecule has 0 atom stereocenters. The summed E-state index contributed by atoms with van der Waals surface area (Å²) in [6.07, 6.45) is 1.89. The molecule has 4 heteroatoms. The van der Waals surface area contributed by atoms with Gasteiger partial charge in [-0.25, -0.2) is 4.99 Å². The predicted molar refractivity (Wildman–Crippen MR) is 97.9 cm³/mol. The smallest absolute Gasteiger partial charge is 0.264 e. The number of benzene rings is 2. The first-order chi connectivity index (χ1) is 11.0. The Morgan fingerprint density at radius 1 is 1.04 bits per heavy atom. The fourth-order valence-corrected chi connectivity index (χ4v) is 3.10. The third kappa shape index (κ3) is 3.54. The van der Waals surface area contributed by atoms with E-state index in [2.05, 4.69) is 23.3 Å². The van der Waals surface area contributed by atoms with Gasteiger partial charge in [0.05, 0.1) is 10.6 Å². The van der Waals surface area contributed by atoms with Crippen molar-refractivity contribution >= 4 is 34.6 Å². The molecule has 0 aromatic heterocycles. The zero-order valence-corrected chi connectivity index (χ0v) is 14.2. The van der Waals surface area contributed by atoms with Crippen LogP contribution in [0.5, 0.6) is 0 Å². The average Bonchev–Trinajstić information content (AvgIpc) is 2.86. The monoisotopic (exact) mass is 322 g/mol.